The second-order valence-electron chi connectivity index (χ2n) is 7.48. The molecule has 8 nitrogen and oxygen atoms in total. The topological polar surface area (TPSA) is 108 Å². The third kappa shape index (κ3) is 8.08. The van der Waals surface area contributed by atoms with E-state index in [1.165, 1.54) is 6.26 Å². The van der Waals surface area contributed by atoms with E-state index in [1.54, 1.807) is 12.1 Å². The van der Waals surface area contributed by atoms with Crippen LogP contribution in [0.15, 0.2) is 52.1 Å². The van der Waals surface area contributed by atoms with Crippen molar-refractivity contribution in [3.05, 3.63) is 54.0 Å². The van der Waals surface area contributed by atoms with E-state index in [1.807, 2.05) is 52.0 Å². The monoisotopic (exact) mass is 399 g/mol. The van der Waals surface area contributed by atoms with Crippen molar-refractivity contribution in [2.24, 2.45) is 4.99 Å². The normalized spacial score (nSPS) is 11.7. The molecule has 0 saturated carbocycles. The Morgan fingerprint density at radius 3 is 2.38 bits per heavy atom. The highest BCUT2D eigenvalue weighted by Crippen LogP contribution is 2.12. The Balaban J connectivity index is 1.89. The van der Waals surface area contributed by atoms with E-state index in [0.29, 0.717) is 24.7 Å². The van der Waals surface area contributed by atoms with E-state index < -0.39 is 0 Å². The number of amides is 2. The molecule has 8 heteroatoms. The van der Waals surface area contributed by atoms with Crippen LogP contribution in [0.25, 0.3) is 0 Å². The zero-order valence-corrected chi connectivity index (χ0v) is 17.3. The molecule has 29 heavy (non-hydrogen) atoms. The Hall–Kier alpha value is -3.29. The van der Waals surface area contributed by atoms with Crippen LogP contribution in [0.3, 0.4) is 0 Å². The Morgan fingerprint density at radius 2 is 1.79 bits per heavy atom. The Kier molecular flexibility index (Phi) is 7.82. The maximum atomic E-state index is 12.0. The van der Waals surface area contributed by atoms with Crippen molar-refractivity contribution in [3.8, 4) is 0 Å². The molecule has 2 rings (SSSR count). The number of guanidine groups is 1. The molecule has 156 valence electrons. The van der Waals surface area contributed by atoms with E-state index in [-0.39, 0.29) is 29.7 Å². The fourth-order valence-corrected chi connectivity index (χ4v) is 2.43. The summed E-state index contributed by atoms with van der Waals surface area (Å²) in [5.74, 6) is 0.426. The maximum Gasteiger partial charge on any atom is 0.291 e. The first kappa shape index (κ1) is 22.0. The van der Waals surface area contributed by atoms with E-state index in [9.17, 15) is 9.59 Å². The summed E-state index contributed by atoms with van der Waals surface area (Å²) in [7, 11) is 0. The molecule has 1 aromatic heterocycles. The quantitative estimate of drug-likeness (QED) is 0.423. The molecule has 0 fully saturated rings. The number of carbonyl (C=O) groups is 2. The molecule has 0 unspecified atom stereocenters. The molecule has 0 bridgehead atoms. The molecule has 0 radical (unpaired) electrons. The first-order chi connectivity index (χ1) is 13.8. The maximum absolute atomic E-state index is 12.0. The number of nitrogens with zero attached hydrogens (tertiary/aromatic N) is 1. The van der Waals surface area contributed by atoms with Crippen LogP contribution in [0.4, 0.5) is 5.69 Å². The average molecular weight is 399 g/mol. The van der Waals surface area contributed by atoms with Crippen LogP contribution in [0.5, 0.6) is 0 Å². The number of hydrogen-bond acceptors (Lipinski definition) is 4. The number of aliphatic imine (C=N–C) groups is 1. The fraction of sp³-hybridized carbons (Fsp3) is 0.381. The van der Waals surface area contributed by atoms with Gasteiger partial charge in [0.2, 0.25) is 5.91 Å². The minimum absolute atomic E-state index is 0.0974. The van der Waals surface area contributed by atoms with Crippen LogP contribution in [-0.4, -0.2) is 36.4 Å². The molecule has 2 aromatic rings. The summed E-state index contributed by atoms with van der Waals surface area (Å²) >= 11 is 0. The molecule has 1 heterocycles. The third-order valence-corrected chi connectivity index (χ3v) is 3.65. The van der Waals surface area contributed by atoms with Gasteiger partial charge in [0.1, 0.15) is 0 Å². The highest BCUT2D eigenvalue weighted by atomic mass is 16.3. The summed E-state index contributed by atoms with van der Waals surface area (Å²) in [6.45, 7) is 9.03. The van der Waals surface area contributed by atoms with Gasteiger partial charge in [-0.25, -0.2) is 4.99 Å². The van der Waals surface area contributed by atoms with Gasteiger partial charge in [-0.05, 0) is 57.5 Å². The highest BCUT2D eigenvalue weighted by molar-refractivity contribution is 6.02. The number of benzene rings is 1. The van der Waals surface area contributed by atoms with Crippen LogP contribution in [0.1, 0.15) is 43.8 Å². The van der Waals surface area contributed by atoms with Crippen LogP contribution in [0, 0.1) is 0 Å². The van der Waals surface area contributed by atoms with Gasteiger partial charge in [0, 0.05) is 17.8 Å². The molecule has 0 aliphatic heterocycles. The van der Waals surface area contributed by atoms with Crippen LogP contribution < -0.4 is 21.3 Å². The van der Waals surface area contributed by atoms with Gasteiger partial charge >= 0.3 is 0 Å². The minimum Gasteiger partial charge on any atom is -0.459 e. The molecule has 0 atom stereocenters. The van der Waals surface area contributed by atoms with E-state index in [4.69, 9.17) is 4.42 Å². The lowest BCUT2D eigenvalue weighted by atomic mass is 10.1. The summed E-state index contributed by atoms with van der Waals surface area (Å²) in [5.41, 5.74) is 1.36. The van der Waals surface area contributed by atoms with E-state index in [2.05, 4.69) is 26.3 Å². The first-order valence-corrected chi connectivity index (χ1v) is 9.54. The molecule has 1 aromatic carbocycles. The number of rotatable bonds is 7. The van der Waals surface area contributed by atoms with Gasteiger partial charge in [-0.15, -0.1) is 0 Å². The molecule has 0 aliphatic carbocycles. The number of furan rings is 1. The zero-order chi connectivity index (χ0) is 21.3. The van der Waals surface area contributed by atoms with Crippen LogP contribution >= 0.6 is 0 Å². The van der Waals surface area contributed by atoms with Gasteiger partial charge in [-0.1, -0.05) is 12.1 Å². The van der Waals surface area contributed by atoms with Crippen molar-refractivity contribution in [1.82, 2.24) is 16.0 Å². The third-order valence-electron chi connectivity index (χ3n) is 3.65. The van der Waals surface area contributed by atoms with E-state index in [0.717, 1.165) is 5.56 Å². The van der Waals surface area contributed by atoms with Crippen molar-refractivity contribution in [3.63, 3.8) is 0 Å². The minimum atomic E-state index is -0.298. The van der Waals surface area contributed by atoms with Crippen molar-refractivity contribution in [1.29, 1.82) is 0 Å². The van der Waals surface area contributed by atoms with Crippen molar-refractivity contribution in [2.75, 3.05) is 18.4 Å². The number of hydrogen-bond donors (Lipinski definition) is 4. The van der Waals surface area contributed by atoms with Gasteiger partial charge in [0.05, 0.1) is 19.4 Å². The van der Waals surface area contributed by atoms with Gasteiger partial charge in [0.25, 0.3) is 5.91 Å². The number of anilines is 1. The highest BCUT2D eigenvalue weighted by Gasteiger charge is 2.13. The van der Waals surface area contributed by atoms with Crippen molar-refractivity contribution < 1.29 is 14.0 Å². The fourth-order valence-electron chi connectivity index (χ4n) is 2.43. The van der Waals surface area contributed by atoms with Crippen molar-refractivity contribution in [2.45, 2.75) is 39.8 Å². The second kappa shape index (κ2) is 10.3. The Morgan fingerprint density at radius 1 is 1.07 bits per heavy atom. The molecule has 0 aliphatic rings. The predicted molar refractivity (Wildman–Crippen MR) is 114 cm³/mol. The Bertz CT molecular complexity index is 821. The average Bonchev–Trinajstić information content (AvgIpc) is 3.19. The molecular weight excluding hydrogens is 370 g/mol. The van der Waals surface area contributed by atoms with Gasteiger partial charge in [-0.3, -0.25) is 9.59 Å². The van der Waals surface area contributed by atoms with E-state index >= 15 is 0 Å². The molecule has 0 spiro atoms. The smallest absolute Gasteiger partial charge is 0.291 e. The number of nitrogens with one attached hydrogen (secondary N) is 4. The summed E-state index contributed by atoms with van der Waals surface area (Å²) in [5, 5.41) is 11.8. The van der Waals surface area contributed by atoms with Crippen LogP contribution in [0.2, 0.25) is 0 Å². The summed E-state index contributed by atoms with van der Waals surface area (Å²) in [4.78, 5) is 28.4. The lowest BCUT2D eigenvalue weighted by molar-refractivity contribution is -0.121. The summed E-state index contributed by atoms with van der Waals surface area (Å²) < 4.78 is 5.07. The van der Waals surface area contributed by atoms with Crippen molar-refractivity contribution >= 4 is 23.5 Å². The summed E-state index contributed by atoms with van der Waals surface area (Å²) in [6.07, 6.45) is 1.46. The largest absolute Gasteiger partial charge is 0.459 e. The summed E-state index contributed by atoms with van der Waals surface area (Å²) in [6, 6.07) is 10.7. The van der Waals surface area contributed by atoms with Gasteiger partial charge < -0.3 is 25.7 Å². The number of carbonyl (C=O) groups excluding carboxylic acids is 2. The van der Waals surface area contributed by atoms with Gasteiger partial charge in [0.15, 0.2) is 11.7 Å². The predicted octanol–water partition coefficient (Wildman–Crippen LogP) is 2.50. The first-order valence-electron chi connectivity index (χ1n) is 9.54. The van der Waals surface area contributed by atoms with Gasteiger partial charge in [-0.2, -0.15) is 0 Å². The Labute approximate surface area is 171 Å². The lowest BCUT2D eigenvalue weighted by Gasteiger charge is -2.21. The van der Waals surface area contributed by atoms with Crippen LogP contribution in [-0.2, 0) is 11.3 Å². The second-order valence-corrected chi connectivity index (χ2v) is 7.48. The zero-order valence-electron chi connectivity index (χ0n) is 17.3. The molecule has 4 N–H and O–H groups in total. The molecule has 2 amide bonds. The SMILES string of the molecule is CCNC(=NCc1ccc(NC(=O)c2ccco2)cc1)NCC(=O)NC(C)(C)C. The molecule has 0 saturated heterocycles. The lowest BCUT2D eigenvalue weighted by Crippen LogP contribution is -2.48. The standard InChI is InChI=1S/C21H29N5O3/c1-5-22-20(24-14-18(27)26-21(2,3)4)23-13-15-8-10-16(11-9-15)25-19(28)17-7-6-12-29-17/h6-12H,5,13-14H2,1-4H3,(H,25,28)(H,26,27)(H2,22,23,24). The molecular formula is C21H29N5O3.